The predicted octanol–water partition coefficient (Wildman–Crippen LogP) is 4.00. The third-order valence-electron chi connectivity index (χ3n) is 5.08. The number of rotatable bonds is 3. The van der Waals surface area contributed by atoms with E-state index in [4.69, 9.17) is 0 Å². The SMILES string of the molecule is O=C1CSc2ccc(NC(=O)C3CCN(c4cc(F)c(F)c(F)c4)CC3)cc2N1. The van der Waals surface area contributed by atoms with Gasteiger partial charge in [-0.05, 0) is 31.0 Å². The lowest BCUT2D eigenvalue weighted by Gasteiger charge is -2.33. The van der Waals surface area contributed by atoms with Crippen molar-refractivity contribution in [3.63, 3.8) is 0 Å². The number of anilines is 3. The normalized spacial score (nSPS) is 16.9. The van der Waals surface area contributed by atoms with Gasteiger partial charge in [-0.15, -0.1) is 11.8 Å². The molecule has 5 nitrogen and oxygen atoms in total. The molecule has 0 bridgehead atoms. The molecule has 2 heterocycles. The fourth-order valence-corrected chi connectivity index (χ4v) is 4.32. The van der Waals surface area contributed by atoms with Gasteiger partial charge in [-0.2, -0.15) is 0 Å². The molecule has 0 spiro atoms. The van der Waals surface area contributed by atoms with Crippen molar-refractivity contribution in [3.8, 4) is 0 Å². The van der Waals surface area contributed by atoms with E-state index in [1.54, 1.807) is 17.0 Å². The first-order valence-electron chi connectivity index (χ1n) is 9.18. The number of nitrogens with one attached hydrogen (secondary N) is 2. The summed E-state index contributed by atoms with van der Waals surface area (Å²) < 4.78 is 40.0. The monoisotopic (exact) mass is 421 g/mol. The molecule has 2 aromatic rings. The Hall–Kier alpha value is -2.68. The highest BCUT2D eigenvalue weighted by Gasteiger charge is 2.26. The second kappa shape index (κ2) is 7.98. The van der Waals surface area contributed by atoms with Crippen LogP contribution in [0.5, 0.6) is 0 Å². The third kappa shape index (κ3) is 4.19. The molecule has 2 aliphatic heterocycles. The van der Waals surface area contributed by atoms with Crippen molar-refractivity contribution >= 4 is 40.6 Å². The Morgan fingerprint density at radius 2 is 1.79 bits per heavy atom. The van der Waals surface area contributed by atoms with Gasteiger partial charge in [0.1, 0.15) is 0 Å². The molecule has 2 aliphatic rings. The molecule has 0 unspecified atom stereocenters. The van der Waals surface area contributed by atoms with Crippen LogP contribution in [0, 0.1) is 23.4 Å². The number of nitrogens with zero attached hydrogens (tertiary/aromatic N) is 1. The van der Waals surface area contributed by atoms with E-state index in [-0.39, 0.29) is 23.4 Å². The van der Waals surface area contributed by atoms with E-state index < -0.39 is 17.5 Å². The smallest absolute Gasteiger partial charge is 0.234 e. The van der Waals surface area contributed by atoms with E-state index in [0.717, 1.165) is 17.0 Å². The summed E-state index contributed by atoms with van der Waals surface area (Å²) in [5, 5.41) is 5.65. The molecule has 152 valence electrons. The average Bonchev–Trinajstić information content (AvgIpc) is 2.71. The molecule has 2 amide bonds. The highest BCUT2D eigenvalue weighted by molar-refractivity contribution is 8.00. The van der Waals surface area contributed by atoms with Crippen LogP contribution in [-0.2, 0) is 9.59 Å². The fourth-order valence-electron chi connectivity index (χ4n) is 3.53. The largest absolute Gasteiger partial charge is 0.371 e. The quantitative estimate of drug-likeness (QED) is 0.736. The minimum atomic E-state index is -1.48. The van der Waals surface area contributed by atoms with Crippen LogP contribution < -0.4 is 15.5 Å². The van der Waals surface area contributed by atoms with E-state index in [2.05, 4.69) is 10.6 Å². The number of carbonyl (C=O) groups excluding carboxylic acids is 2. The number of piperidine rings is 1. The molecular formula is C20H18F3N3O2S. The van der Waals surface area contributed by atoms with Crippen LogP contribution in [0.4, 0.5) is 30.2 Å². The second-order valence-electron chi connectivity index (χ2n) is 7.02. The first-order chi connectivity index (χ1) is 13.9. The van der Waals surface area contributed by atoms with Gasteiger partial charge in [0, 0.05) is 47.4 Å². The summed E-state index contributed by atoms with van der Waals surface area (Å²) in [6.45, 7) is 0.860. The Morgan fingerprint density at radius 3 is 2.48 bits per heavy atom. The zero-order valence-electron chi connectivity index (χ0n) is 15.3. The van der Waals surface area contributed by atoms with E-state index in [1.807, 2.05) is 6.07 Å². The first-order valence-corrected chi connectivity index (χ1v) is 10.2. The lowest BCUT2D eigenvalue weighted by molar-refractivity contribution is -0.120. The van der Waals surface area contributed by atoms with Crippen LogP contribution in [0.15, 0.2) is 35.2 Å². The molecule has 0 saturated carbocycles. The Morgan fingerprint density at radius 1 is 1.10 bits per heavy atom. The average molecular weight is 421 g/mol. The highest BCUT2D eigenvalue weighted by Crippen LogP contribution is 2.34. The van der Waals surface area contributed by atoms with Gasteiger partial charge in [0.05, 0.1) is 11.4 Å². The standard InChI is InChI=1S/C20H18F3N3O2S/c21-14-8-13(9-15(22)19(14)23)26-5-3-11(4-6-26)20(28)24-12-1-2-17-16(7-12)25-18(27)10-29-17/h1-2,7-9,11H,3-6,10H2,(H,24,28)(H,25,27). The van der Waals surface area contributed by atoms with E-state index in [0.29, 0.717) is 43.1 Å². The maximum atomic E-state index is 13.5. The van der Waals surface area contributed by atoms with E-state index >= 15 is 0 Å². The number of benzene rings is 2. The minimum absolute atomic E-state index is 0.0768. The zero-order valence-corrected chi connectivity index (χ0v) is 16.1. The Labute approximate surface area is 169 Å². The molecule has 0 atom stereocenters. The molecule has 1 fully saturated rings. The summed E-state index contributed by atoms with van der Waals surface area (Å²) >= 11 is 1.45. The summed E-state index contributed by atoms with van der Waals surface area (Å²) in [6, 6.07) is 7.32. The van der Waals surface area contributed by atoms with Gasteiger partial charge < -0.3 is 15.5 Å². The van der Waals surface area contributed by atoms with Crippen LogP contribution in [-0.4, -0.2) is 30.7 Å². The Kier molecular flexibility index (Phi) is 5.40. The lowest BCUT2D eigenvalue weighted by atomic mass is 9.95. The molecular weight excluding hydrogens is 403 g/mol. The predicted molar refractivity (Wildman–Crippen MR) is 106 cm³/mol. The van der Waals surface area contributed by atoms with Crippen molar-refractivity contribution in [1.29, 1.82) is 0 Å². The summed E-state index contributed by atoms with van der Waals surface area (Å²) in [4.78, 5) is 26.8. The molecule has 0 radical (unpaired) electrons. The van der Waals surface area contributed by atoms with Gasteiger partial charge >= 0.3 is 0 Å². The van der Waals surface area contributed by atoms with Crippen molar-refractivity contribution in [2.75, 3.05) is 34.4 Å². The Balaban J connectivity index is 1.37. The van der Waals surface area contributed by atoms with Crippen LogP contribution >= 0.6 is 11.8 Å². The van der Waals surface area contributed by atoms with E-state index in [1.165, 1.54) is 11.8 Å². The van der Waals surface area contributed by atoms with Gasteiger partial charge in [-0.3, -0.25) is 9.59 Å². The van der Waals surface area contributed by atoms with Crippen LogP contribution in [0.2, 0.25) is 0 Å². The van der Waals surface area contributed by atoms with Crippen molar-refractivity contribution in [2.45, 2.75) is 17.7 Å². The molecule has 0 aromatic heterocycles. The molecule has 2 N–H and O–H groups in total. The number of carbonyl (C=O) groups is 2. The zero-order chi connectivity index (χ0) is 20.5. The van der Waals surface area contributed by atoms with Crippen LogP contribution in [0.3, 0.4) is 0 Å². The topological polar surface area (TPSA) is 61.4 Å². The summed E-state index contributed by atoms with van der Waals surface area (Å²) in [5.41, 5.74) is 1.55. The lowest BCUT2D eigenvalue weighted by Crippen LogP contribution is -2.38. The second-order valence-corrected chi connectivity index (χ2v) is 8.04. The van der Waals surface area contributed by atoms with Crippen molar-refractivity contribution in [2.24, 2.45) is 5.92 Å². The number of hydrogen-bond acceptors (Lipinski definition) is 4. The summed E-state index contributed by atoms with van der Waals surface area (Å²) in [7, 11) is 0. The number of fused-ring (bicyclic) bond motifs is 1. The molecule has 2 aromatic carbocycles. The van der Waals surface area contributed by atoms with Crippen LogP contribution in [0.25, 0.3) is 0 Å². The third-order valence-corrected chi connectivity index (χ3v) is 6.15. The van der Waals surface area contributed by atoms with Gasteiger partial charge in [0.2, 0.25) is 11.8 Å². The highest BCUT2D eigenvalue weighted by atomic mass is 32.2. The first kappa shape index (κ1) is 19.6. The minimum Gasteiger partial charge on any atom is -0.371 e. The fraction of sp³-hybridized carbons (Fsp3) is 0.300. The summed E-state index contributed by atoms with van der Waals surface area (Å²) in [6.07, 6.45) is 1.01. The van der Waals surface area contributed by atoms with Crippen molar-refractivity contribution in [1.82, 2.24) is 0 Å². The van der Waals surface area contributed by atoms with Gasteiger partial charge in [-0.25, -0.2) is 13.2 Å². The summed E-state index contributed by atoms with van der Waals surface area (Å²) in [5.74, 6) is -4.03. The maximum absolute atomic E-state index is 13.5. The number of halogens is 3. The van der Waals surface area contributed by atoms with Crippen LogP contribution in [0.1, 0.15) is 12.8 Å². The van der Waals surface area contributed by atoms with Gasteiger partial charge in [0.15, 0.2) is 17.5 Å². The maximum Gasteiger partial charge on any atom is 0.234 e. The molecule has 29 heavy (non-hydrogen) atoms. The number of amides is 2. The van der Waals surface area contributed by atoms with Gasteiger partial charge in [-0.1, -0.05) is 0 Å². The van der Waals surface area contributed by atoms with E-state index in [9.17, 15) is 22.8 Å². The molecule has 9 heteroatoms. The molecule has 0 aliphatic carbocycles. The Bertz CT molecular complexity index is 954. The van der Waals surface area contributed by atoms with Crippen molar-refractivity contribution < 1.29 is 22.8 Å². The van der Waals surface area contributed by atoms with Gasteiger partial charge in [0.25, 0.3) is 0 Å². The molecule has 1 saturated heterocycles. The van der Waals surface area contributed by atoms with Crippen molar-refractivity contribution in [3.05, 3.63) is 47.8 Å². The number of hydrogen-bond donors (Lipinski definition) is 2. The number of thioether (sulfide) groups is 1. The molecule has 4 rings (SSSR count).